The fourth-order valence-electron chi connectivity index (χ4n) is 1.06. The largest absolute Gasteiger partial charge is 0.465 e. The maximum absolute atomic E-state index is 11.3. The van der Waals surface area contributed by atoms with Crippen LogP contribution in [0.2, 0.25) is 0 Å². The van der Waals surface area contributed by atoms with Crippen molar-refractivity contribution in [3.8, 4) is 0 Å². The van der Waals surface area contributed by atoms with Crippen LogP contribution < -0.4 is 0 Å². The van der Waals surface area contributed by atoms with Crippen molar-refractivity contribution in [1.82, 2.24) is 0 Å². The second kappa shape index (κ2) is 5.88. The number of carbonyl (C=O) groups is 1. The summed E-state index contributed by atoms with van der Waals surface area (Å²) in [6, 6.07) is 3.66. The van der Waals surface area contributed by atoms with E-state index in [0.29, 0.717) is 12.5 Å². The maximum atomic E-state index is 11.3. The minimum Gasteiger partial charge on any atom is -0.465 e. The molecule has 1 unspecified atom stereocenters. The number of hydrogen-bond donors (Lipinski definition) is 1. The van der Waals surface area contributed by atoms with Crippen molar-refractivity contribution in [3.63, 3.8) is 0 Å². The Kier molecular flexibility index (Phi) is 4.78. The lowest BCUT2D eigenvalue weighted by Crippen LogP contribution is -2.12. The van der Waals surface area contributed by atoms with E-state index in [1.54, 1.807) is 0 Å². The van der Waals surface area contributed by atoms with Crippen molar-refractivity contribution in [3.05, 3.63) is 22.4 Å². The van der Waals surface area contributed by atoms with Gasteiger partial charge < -0.3 is 9.84 Å². The molecule has 0 aromatic carbocycles. The minimum absolute atomic E-state index is 0.0350. The zero-order valence-electron chi connectivity index (χ0n) is 8.97. The molecule has 84 valence electrons. The SMILES string of the molecule is CC(C)COC(=O)CC(O)c1cccs1. The van der Waals surface area contributed by atoms with Gasteiger partial charge in [0.25, 0.3) is 0 Å². The number of aliphatic hydroxyl groups is 1. The van der Waals surface area contributed by atoms with E-state index in [1.807, 2.05) is 31.4 Å². The highest BCUT2D eigenvalue weighted by Gasteiger charge is 2.14. The van der Waals surface area contributed by atoms with E-state index >= 15 is 0 Å². The summed E-state index contributed by atoms with van der Waals surface area (Å²) in [6.07, 6.45) is -0.697. The second-order valence-electron chi connectivity index (χ2n) is 3.81. The highest BCUT2D eigenvalue weighted by Crippen LogP contribution is 2.21. The van der Waals surface area contributed by atoms with Crippen LogP contribution in [-0.4, -0.2) is 17.7 Å². The van der Waals surface area contributed by atoms with Gasteiger partial charge in [0.2, 0.25) is 0 Å². The van der Waals surface area contributed by atoms with Gasteiger partial charge in [0.15, 0.2) is 0 Å². The Morgan fingerprint density at radius 1 is 1.60 bits per heavy atom. The van der Waals surface area contributed by atoms with E-state index in [1.165, 1.54) is 11.3 Å². The molecule has 0 saturated heterocycles. The molecule has 1 aromatic rings. The highest BCUT2D eigenvalue weighted by atomic mass is 32.1. The number of aliphatic hydroxyl groups excluding tert-OH is 1. The molecule has 0 amide bonds. The van der Waals surface area contributed by atoms with Crippen LogP contribution in [0.1, 0.15) is 31.2 Å². The van der Waals surface area contributed by atoms with E-state index in [9.17, 15) is 9.90 Å². The predicted molar refractivity (Wildman–Crippen MR) is 59.7 cm³/mol. The lowest BCUT2D eigenvalue weighted by molar-refractivity contribution is -0.147. The average molecular weight is 228 g/mol. The Bertz CT molecular complexity index is 293. The van der Waals surface area contributed by atoms with Gasteiger partial charge in [-0.25, -0.2) is 0 Å². The maximum Gasteiger partial charge on any atom is 0.308 e. The Labute approximate surface area is 93.7 Å². The number of rotatable bonds is 5. The van der Waals surface area contributed by atoms with Crippen LogP contribution in [-0.2, 0) is 9.53 Å². The topological polar surface area (TPSA) is 46.5 Å². The monoisotopic (exact) mass is 228 g/mol. The third-order valence-corrected chi connectivity index (χ3v) is 2.78. The van der Waals surface area contributed by atoms with Crippen molar-refractivity contribution in [2.75, 3.05) is 6.61 Å². The lowest BCUT2D eigenvalue weighted by Gasteiger charge is -2.10. The normalized spacial score (nSPS) is 12.8. The summed E-state index contributed by atoms with van der Waals surface area (Å²) in [7, 11) is 0. The third-order valence-electron chi connectivity index (χ3n) is 1.81. The summed E-state index contributed by atoms with van der Waals surface area (Å²) in [5.74, 6) is -0.0163. The van der Waals surface area contributed by atoms with E-state index in [0.717, 1.165) is 4.88 Å². The van der Waals surface area contributed by atoms with Gasteiger partial charge in [-0.1, -0.05) is 19.9 Å². The number of esters is 1. The summed E-state index contributed by atoms with van der Waals surface area (Å²) >= 11 is 1.44. The molecule has 0 saturated carbocycles. The molecule has 0 bridgehead atoms. The van der Waals surface area contributed by atoms with Crippen LogP contribution in [0.15, 0.2) is 17.5 Å². The Hall–Kier alpha value is -0.870. The zero-order valence-corrected chi connectivity index (χ0v) is 9.79. The first-order chi connectivity index (χ1) is 7.09. The van der Waals surface area contributed by atoms with Crippen LogP contribution in [0, 0.1) is 5.92 Å². The van der Waals surface area contributed by atoms with Crippen LogP contribution >= 0.6 is 11.3 Å². The number of thiophene rings is 1. The van der Waals surface area contributed by atoms with Gasteiger partial charge in [-0.3, -0.25) is 4.79 Å². The first-order valence-electron chi connectivity index (χ1n) is 4.96. The van der Waals surface area contributed by atoms with Crippen LogP contribution in [0.4, 0.5) is 0 Å². The molecule has 0 aliphatic rings. The molecule has 0 fully saturated rings. The van der Waals surface area contributed by atoms with Gasteiger partial charge in [0.1, 0.15) is 0 Å². The molecule has 0 radical (unpaired) electrons. The van der Waals surface area contributed by atoms with Crippen molar-refractivity contribution in [1.29, 1.82) is 0 Å². The van der Waals surface area contributed by atoms with Gasteiger partial charge in [0.05, 0.1) is 19.1 Å². The predicted octanol–water partition coefficient (Wildman–Crippen LogP) is 2.37. The number of carbonyl (C=O) groups excluding carboxylic acids is 1. The fourth-order valence-corrected chi connectivity index (χ4v) is 1.77. The van der Waals surface area contributed by atoms with Crippen molar-refractivity contribution < 1.29 is 14.6 Å². The van der Waals surface area contributed by atoms with E-state index < -0.39 is 6.10 Å². The summed E-state index contributed by atoms with van der Waals surface area (Å²) < 4.78 is 4.98. The van der Waals surface area contributed by atoms with Gasteiger partial charge in [0, 0.05) is 4.88 Å². The highest BCUT2D eigenvalue weighted by molar-refractivity contribution is 7.10. The Morgan fingerprint density at radius 2 is 2.33 bits per heavy atom. The van der Waals surface area contributed by atoms with Crippen molar-refractivity contribution in [2.24, 2.45) is 5.92 Å². The van der Waals surface area contributed by atoms with Crippen LogP contribution in [0.5, 0.6) is 0 Å². The van der Waals surface area contributed by atoms with E-state index in [4.69, 9.17) is 4.74 Å². The molecular formula is C11H16O3S. The van der Waals surface area contributed by atoms with Gasteiger partial charge in [-0.2, -0.15) is 0 Å². The third kappa shape index (κ3) is 4.44. The van der Waals surface area contributed by atoms with Crippen LogP contribution in [0.25, 0.3) is 0 Å². The molecule has 1 aromatic heterocycles. The first kappa shape index (κ1) is 12.2. The Balaban J connectivity index is 2.32. The zero-order chi connectivity index (χ0) is 11.3. The molecule has 1 heterocycles. The Morgan fingerprint density at radius 3 is 2.87 bits per heavy atom. The van der Waals surface area contributed by atoms with Crippen molar-refractivity contribution >= 4 is 17.3 Å². The summed E-state index contributed by atoms with van der Waals surface area (Å²) in [4.78, 5) is 12.1. The molecule has 3 nitrogen and oxygen atoms in total. The summed E-state index contributed by atoms with van der Waals surface area (Å²) in [5, 5.41) is 11.5. The average Bonchev–Trinajstić information content (AvgIpc) is 2.67. The standard InChI is InChI=1S/C11H16O3S/c1-8(2)7-14-11(13)6-9(12)10-4-3-5-15-10/h3-5,8-9,12H,6-7H2,1-2H3. The smallest absolute Gasteiger partial charge is 0.308 e. The van der Waals surface area contributed by atoms with E-state index in [-0.39, 0.29) is 12.4 Å². The summed E-state index contributed by atoms with van der Waals surface area (Å²) in [5.41, 5.74) is 0. The fraction of sp³-hybridized carbons (Fsp3) is 0.545. The summed E-state index contributed by atoms with van der Waals surface area (Å²) in [6.45, 7) is 4.36. The van der Waals surface area contributed by atoms with Gasteiger partial charge >= 0.3 is 5.97 Å². The second-order valence-corrected chi connectivity index (χ2v) is 4.79. The molecule has 1 N–H and O–H groups in total. The van der Waals surface area contributed by atoms with Gasteiger partial charge in [-0.05, 0) is 17.4 Å². The lowest BCUT2D eigenvalue weighted by atomic mass is 10.2. The molecule has 1 atom stereocenters. The van der Waals surface area contributed by atoms with E-state index in [2.05, 4.69) is 0 Å². The molecule has 15 heavy (non-hydrogen) atoms. The van der Waals surface area contributed by atoms with Crippen LogP contribution in [0.3, 0.4) is 0 Å². The molecule has 0 spiro atoms. The minimum atomic E-state index is -0.732. The molecular weight excluding hydrogens is 212 g/mol. The number of ether oxygens (including phenoxy) is 1. The molecule has 4 heteroatoms. The molecule has 0 aliphatic heterocycles. The first-order valence-corrected chi connectivity index (χ1v) is 5.84. The quantitative estimate of drug-likeness (QED) is 0.787. The molecule has 1 rings (SSSR count). The number of hydrogen-bond acceptors (Lipinski definition) is 4. The molecule has 0 aliphatic carbocycles. The van der Waals surface area contributed by atoms with Crippen molar-refractivity contribution in [2.45, 2.75) is 26.4 Å². The van der Waals surface area contributed by atoms with Gasteiger partial charge in [-0.15, -0.1) is 11.3 Å².